The van der Waals surface area contributed by atoms with Crippen LogP contribution in [0.4, 0.5) is 4.79 Å². The molecule has 1 aromatic carbocycles. The molecular weight excluding hydrogens is 604 g/mol. The number of carbonyl (C=O) groups is 5. The number of aromatic nitrogens is 1. The minimum atomic E-state index is -0.556. The number of carbonyl (C=O) groups excluding carboxylic acids is 5. The number of unbranched alkanes of at least 4 members (excludes halogenated alkanes) is 1. The van der Waals surface area contributed by atoms with Crippen LogP contribution in [0.25, 0.3) is 10.9 Å². The van der Waals surface area contributed by atoms with Gasteiger partial charge in [-0.25, -0.2) is 9.78 Å². The summed E-state index contributed by atoms with van der Waals surface area (Å²) in [5.41, 5.74) is 1.50. The highest BCUT2D eigenvalue weighted by Gasteiger charge is 2.35. The molecule has 47 heavy (non-hydrogen) atoms. The second-order valence-electron chi connectivity index (χ2n) is 12.6. The highest BCUT2D eigenvalue weighted by molar-refractivity contribution is 5.99. The zero-order valence-corrected chi connectivity index (χ0v) is 27.4. The summed E-state index contributed by atoms with van der Waals surface area (Å²) in [5, 5.41) is 6.40. The number of fused-ring (bicyclic) bond motifs is 1. The van der Waals surface area contributed by atoms with Gasteiger partial charge in [0.05, 0.1) is 18.7 Å². The smallest absolute Gasteiger partial charge is 0.409 e. The van der Waals surface area contributed by atoms with Gasteiger partial charge in [0, 0.05) is 50.2 Å². The van der Waals surface area contributed by atoms with Gasteiger partial charge in [-0.05, 0) is 56.7 Å². The zero-order chi connectivity index (χ0) is 33.3. The third kappa shape index (κ3) is 8.69. The molecule has 1 aromatic heterocycles. The van der Waals surface area contributed by atoms with Crippen LogP contribution in [0.3, 0.4) is 0 Å². The van der Waals surface area contributed by atoms with E-state index < -0.39 is 11.9 Å². The first-order valence-corrected chi connectivity index (χ1v) is 16.8. The van der Waals surface area contributed by atoms with Crippen molar-refractivity contribution in [2.75, 3.05) is 52.5 Å². The van der Waals surface area contributed by atoms with Crippen molar-refractivity contribution in [2.24, 2.45) is 0 Å². The molecule has 0 bridgehead atoms. The van der Waals surface area contributed by atoms with Crippen LogP contribution in [-0.2, 0) is 19.1 Å². The Hall–Kier alpha value is -4.42. The predicted octanol–water partition coefficient (Wildman–Crippen LogP) is 2.78. The Morgan fingerprint density at radius 3 is 2.40 bits per heavy atom. The molecule has 13 nitrogen and oxygen atoms in total. The van der Waals surface area contributed by atoms with Crippen molar-refractivity contribution < 1.29 is 33.4 Å². The molecule has 3 aliphatic rings. The van der Waals surface area contributed by atoms with Crippen molar-refractivity contribution in [3.8, 4) is 5.75 Å². The van der Waals surface area contributed by atoms with Crippen molar-refractivity contribution >= 4 is 40.6 Å². The lowest BCUT2D eigenvalue weighted by Gasteiger charge is -2.34. The molecule has 1 aliphatic carbocycles. The lowest BCUT2D eigenvalue weighted by Crippen LogP contribution is -2.52. The van der Waals surface area contributed by atoms with E-state index in [1.165, 1.54) is 6.07 Å². The summed E-state index contributed by atoms with van der Waals surface area (Å²) >= 11 is 0. The maximum atomic E-state index is 13.3. The molecule has 0 spiro atoms. The molecule has 1 atom stereocenters. The molecule has 2 aromatic rings. The number of hydrogen-bond acceptors (Lipinski definition) is 8. The number of pyridine rings is 1. The van der Waals surface area contributed by atoms with Gasteiger partial charge in [-0.1, -0.05) is 32.3 Å². The Labute approximate surface area is 275 Å². The van der Waals surface area contributed by atoms with E-state index in [9.17, 15) is 24.0 Å². The fourth-order valence-corrected chi connectivity index (χ4v) is 6.36. The van der Waals surface area contributed by atoms with Crippen LogP contribution in [-0.4, -0.2) is 114 Å². The molecule has 1 saturated carbocycles. The predicted molar refractivity (Wildman–Crippen MR) is 174 cm³/mol. The quantitative estimate of drug-likeness (QED) is 0.353. The van der Waals surface area contributed by atoms with E-state index in [1.54, 1.807) is 14.7 Å². The Morgan fingerprint density at radius 2 is 1.66 bits per heavy atom. The molecule has 2 N–H and O–H groups in total. The first kappa shape index (κ1) is 33.9. The number of likely N-dealkylation sites (tertiary alicyclic amines) is 1. The maximum absolute atomic E-state index is 13.3. The number of piperazine rings is 1. The number of ether oxygens (including phenoxy) is 2. The lowest BCUT2D eigenvalue weighted by atomic mass is 10.1. The standard InChI is InChI=1S/C34H46N6O7/c1-3-4-18-46-34(45)39-16-14-38(15-17-39)30(41)21-35-32(43)27-20-29(25-12-11-23(2)19-26(25)37-27)47-22-31(42)40-13-7-10-28(40)33(44)36-24-8-5-6-9-24/h11-12,19-20,24,28H,3-10,13-18,21-22H2,1-2H3,(H,35,43)(H,36,44)/t28-/m0/s1. The summed E-state index contributed by atoms with van der Waals surface area (Å²) in [6.07, 6.45) is 6.90. The minimum Gasteiger partial charge on any atom is -0.483 e. The van der Waals surface area contributed by atoms with E-state index in [2.05, 4.69) is 15.6 Å². The van der Waals surface area contributed by atoms with E-state index in [4.69, 9.17) is 9.47 Å². The molecule has 3 fully saturated rings. The number of hydrogen-bond donors (Lipinski definition) is 2. The second kappa shape index (κ2) is 15.9. The van der Waals surface area contributed by atoms with Crippen molar-refractivity contribution in [3.05, 3.63) is 35.5 Å². The zero-order valence-electron chi connectivity index (χ0n) is 27.4. The monoisotopic (exact) mass is 650 g/mol. The Balaban J connectivity index is 1.18. The molecule has 3 heterocycles. The second-order valence-corrected chi connectivity index (χ2v) is 12.6. The summed E-state index contributed by atoms with van der Waals surface area (Å²) in [6.45, 7) is 5.68. The van der Waals surface area contributed by atoms with Gasteiger partial charge in [0.25, 0.3) is 11.8 Å². The molecule has 2 aliphatic heterocycles. The van der Waals surface area contributed by atoms with Crippen LogP contribution >= 0.6 is 0 Å². The molecule has 254 valence electrons. The van der Waals surface area contributed by atoms with E-state index in [0.717, 1.165) is 50.5 Å². The first-order chi connectivity index (χ1) is 22.7. The summed E-state index contributed by atoms with van der Waals surface area (Å²) in [5.74, 6) is -0.912. The maximum Gasteiger partial charge on any atom is 0.409 e. The van der Waals surface area contributed by atoms with Crippen LogP contribution in [0, 0.1) is 6.92 Å². The van der Waals surface area contributed by atoms with Crippen molar-refractivity contribution in [2.45, 2.75) is 77.3 Å². The van der Waals surface area contributed by atoms with Gasteiger partial charge in [0.2, 0.25) is 11.8 Å². The Bertz CT molecular complexity index is 1470. The molecule has 5 rings (SSSR count). The molecule has 2 saturated heterocycles. The fourth-order valence-electron chi connectivity index (χ4n) is 6.36. The van der Waals surface area contributed by atoms with E-state index in [0.29, 0.717) is 62.4 Å². The molecule has 5 amide bonds. The normalized spacial score (nSPS) is 18.3. The molecule has 0 radical (unpaired) electrons. The Morgan fingerprint density at radius 1 is 0.915 bits per heavy atom. The van der Waals surface area contributed by atoms with Gasteiger partial charge < -0.3 is 34.8 Å². The third-order valence-electron chi connectivity index (χ3n) is 9.10. The van der Waals surface area contributed by atoms with Crippen molar-refractivity contribution in [1.29, 1.82) is 0 Å². The highest BCUT2D eigenvalue weighted by atomic mass is 16.6. The third-order valence-corrected chi connectivity index (χ3v) is 9.10. The first-order valence-electron chi connectivity index (χ1n) is 16.8. The summed E-state index contributed by atoms with van der Waals surface area (Å²) < 4.78 is 11.3. The number of benzene rings is 1. The van der Waals surface area contributed by atoms with E-state index >= 15 is 0 Å². The summed E-state index contributed by atoms with van der Waals surface area (Å²) in [4.78, 5) is 73.8. The largest absolute Gasteiger partial charge is 0.483 e. The van der Waals surface area contributed by atoms with Crippen LogP contribution in [0.1, 0.15) is 74.3 Å². The fraction of sp³-hybridized carbons (Fsp3) is 0.588. The van der Waals surface area contributed by atoms with Crippen LogP contribution in [0.2, 0.25) is 0 Å². The average molecular weight is 651 g/mol. The van der Waals surface area contributed by atoms with Gasteiger partial charge in [0.15, 0.2) is 6.61 Å². The van der Waals surface area contributed by atoms with E-state index in [1.807, 2.05) is 32.0 Å². The summed E-state index contributed by atoms with van der Waals surface area (Å²) in [6, 6.07) is 6.69. The van der Waals surface area contributed by atoms with Crippen molar-refractivity contribution in [3.63, 3.8) is 0 Å². The molecular formula is C34H46N6O7. The van der Waals surface area contributed by atoms with Gasteiger partial charge in [-0.15, -0.1) is 0 Å². The summed E-state index contributed by atoms with van der Waals surface area (Å²) in [7, 11) is 0. The number of nitrogens with zero attached hydrogens (tertiary/aromatic N) is 4. The van der Waals surface area contributed by atoms with Crippen LogP contribution in [0.15, 0.2) is 24.3 Å². The minimum absolute atomic E-state index is 0.0491. The van der Waals surface area contributed by atoms with Gasteiger partial charge in [-0.2, -0.15) is 0 Å². The van der Waals surface area contributed by atoms with Crippen LogP contribution < -0.4 is 15.4 Å². The van der Waals surface area contributed by atoms with E-state index in [-0.39, 0.29) is 48.7 Å². The Kier molecular flexibility index (Phi) is 11.5. The van der Waals surface area contributed by atoms with Gasteiger partial charge in [-0.3, -0.25) is 19.2 Å². The molecule has 0 unspecified atom stereocenters. The number of rotatable bonds is 11. The van der Waals surface area contributed by atoms with Crippen molar-refractivity contribution in [1.82, 2.24) is 30.3 Å². The number of nitrogens with one attached hydrogen (secondary N) is 2. The average Bonchev–Trinajstić information content (AvgIpc) is 3.78. The number of amides is 5. The van der Waals surface area contributed by atoms with Gasteiger partial charge in [0.1, 0.15) is 17.5 Å². The SMILES string of the molecule is CCCCOC(=O)N1CCN(C(=O)CNC(=O)c2cc(OCC(=O)N3CCC[C@H]3C(=O)NC3CCCC3)c3ccc(C)cc3n2)CC1. The van der Waals surface area contributed by atoms with Crippen LogP contribution in [0.5, 0.6) is 5.75 Å². The highest BCUT2D eigenvalue weighted by Crippen LogP contribution is 2.27. The van der Waals surface area contributed by atoms with Gasteiger partial charge >= 0.3 is 6.09 Å². The number of aryl methyl sites for hydroxylation is 1. The lowest BCUT2D eigenvalue weighted by molar-refractivity contribution is -0.140. The molecule has 13 heteroatoms. The topological polar surface area (TPSA) is 150 Å².